The Balaban J connectivity index is 0.000000385. The summed E-state index contributed by atoms with van der Waals surface area (Å²) in [5.41, 5.74) is 1.54. The first-order valence-electron chi connectivity index (χ1n) is 12.1. The molecule has 0 aliphatic carbocycles. The molecule has 1 aliphatic rings. The number of halogens is 2. The van der Waals surface area contributed by atoms with Crippen LogP contribution in [0.2, 0.25) is 0 Å². The Bertz CT molecular complexity index is 1160. The van der Waals surface area contributed by atoms with Gasteiger partial charge in [-0.1, -0.05) is 30.7 Å². The normalized spacial score (nSPS) is 16.6. The number of nitrogens with one attached hydrogen (secondary N) is 1. The predicted octanol–water partition coefficient (Wildman–Crippen LogP) is 3.43. The Morgan fingerprint density at radius 3 is 2.29 bits per heavy atom. The molecule has 1 aromatic heterocycles. The smallest absolute Gasteiger partial charge is 0.340 e. The van der Waals surface area contributed by atoms with Crippen molar-refractivity contribution in [3.05, 3.63) is 59.3 Å². The molecule has 4 rings (SSSR count). The number of aromatic nitrogens is 1. The van der Waals surface area contributed by atoms with Crippen LogP contribution in [0.1, 0.15) is 41.6 Å². The van der Waals surface area contributed by atoms with Gasteiger partial charge in [0, 0.05) is 19.2 Å². The van der Waals surface area contributed by atoms with Gasteiger partial charge in [0.25, 0.3) is 6.47 Å². The van der Waals surface area contributed by atoms with Gasteiger partial charge in [-0.05, 0) is 36.5 Å². The number of aliphatic hydroxyl groups excluding tert-OH is 3. The molecule has 0 radical (unpaired) electrons. The molecule has 3 aromatic rings. The van der Waals surface area contributed by atoms with Gasteiger partial charge < -0.3 is 34.9 Å². The van der Waals surface area contributed by atoms with Gasteiger partial charge in [-0.2, -0.15) is 0 Å². The van der Waals surface area contributed by atoms with Crippen molar-refractivity contribution in [3.8, 4) is 11.1 Å². The molecule has 5 N–H and O–H groups in total. The minimum Gasteiger partial charge on any atom is -0.483 e. The van der Waals surface area contributed by atoms with E-state index >= 15 is 4.39 Å². The number of benzene rings is 2. The number of carbonyl (C=O) groups is 2. The summed E-state index contributed by atoms with van der Waals surface area (Å²) >= 11 is 0. The zero-order valence-electron chi connectivity index (χ0n) is 21.0. The summed E-state index contributed by atoms with van der Waals surface area (Å²) in [7, 11) is 1.21. The van der Waals surface area contributed by atoms with Crippen LogP contribution in [0.3, 0.4) is 0 Å². The van der Waals surface area contributed by atoms with E-state index in [9.17, 15) is 9.18 Å². The summed E-state index contributed by atoms with van der Waals surface area (Å²) < 4.78 is 39.1. The number of hydrogen-bond donors (Lipinski definition) is 5. The number of aromatic amines is 1. The maximum Gasteiger partial charge on any atom is 0.340 e. The third-order valence-electron chi connectivity index (χ3n) is 5.80. The standard InChI is InChI=1S/C21H21F2NO3.C5H10O3.CH2O2/c1-27-21(26)15-12-24-17-11-16(22)18(20(23)19(15)17)14-8-6-13(7-9-14)5-3-2-4-10-25;6-4-1-5(7)3-8-2-4;2-1-3/h6-9,11-12,24-25H,2-5,10H2,1H3;4-7H,1-3H2;1H,(H,2,3). The molecule has 0 saturated carbocycles. The molecule has 0 spiro atoms. The van der Waals surface area contributed by atoms with E-state index in [1.807, 2.05) is 12.1 Å². The minimum atomic E-state index is -0.789. The van der Waals surface area contributed by atoms with Gasteiger partial charge in [0.2, 0.25) is 0 Å². The number of methoxy groups -OCH3 is 1. The van der Waals surface area contributed by atoms with Crippen molar-refractivity contribution >= 4 is 23.3 Å². The minimum absolute atomic E-state index is 0.0198. The second kappa shape index (κ2) is 15.8. The van der Waals surface area contributed by atoms with E-state index in [-0.39, 0.29) is 35.1 Å². The van der Waals surface area contributed by atoms with E-state index in [1.165, 1.54) is 19.4 Å². The molecule has 11 heteroatoms. The molecular formula is C27H33F2NO8. The van der Waals surface area contributed by atoms with Crippen molar-refractivity contribution in [2.45, 2.75) is 44.3 Å². The molecule has 2 atom stereocenters. The first kappa shape index (κ1) is 30.8. The van der Waals surface area contributed by atoms with E-state index in [4.69, 9.17) is 30.0 Å². The highest BCUT2D eigenvalue weighted by molar-refractivity contribution is 6.05. The monoisotopic (exact) mass is 537 g/mol. The van der Waals surface area contributed by atoms with Crippen molar-refractivity contribution in [1.29, 1.82) is 0 Å². The third-order valence-corrected chi connectivity index (χ3v) is 5.80. The van der Waals surface area contributed by atoms with Gasteiger partial charge in [-0.3, -0.25) is 4.79 Å². The highest BCUT2D eigenvalue weighted by atomic mass is 19.1. The van der Waals surface area contributed by atoms with Crippen LogP contribution in [-0.2, 0) is 20.7 Å². The van der Waals surface area contributed by atoms with Gasteiger partial charge in [0.05, 0.1) is 54.6 Å². The second-order valence-electron chi connectivity index (χ2n) is 8.58. The Morgan fingerprint density at radius 1 is 1.13 bits per heavy atom. The summed E-state index contributed by atoms with van der Waals surface area (Å²) in [6.07, 6.45) is 4.35. The van der Waals surface area contributed by atoms with E-state index < -0.39 is 29.8 Å². The summed E-state index contributed by atoms with van der Waals surface area (Å²) in [4.78, 5) is 22.9. The van der Waals surface area contributed by atoms with Crippen LogP contribution in [-0.4, -0.2) is 77.0 Å². The maximum absolute atomic E-state index is 15.1. The molecule has 38 heavy (non-hydrogen) atoms. The van der Waals surface area contributed by atoms with E-state index in [1.54, 1.807) is 12.1 Å². The van der Waals surface area contributed by atoms with Crippen molar-refractivity contribution in [2.75, 3.05) is 26.9 Å². The quantitative estimate of drug-likeness (QED) is 0.175. The SMILES string of the molecule is COC(=O)c1c[nH]c2cc(F)c(-c3ccc(CCCCCO)cc3)c(F)c12.O=CO.OC1COCC(O)C1. The van der Waals surface area contributed by atoms with Crippen LogP contribution in [0.4, 0.5) is 8.78 Å². The van der Waals surface area contributed by atoms with E-state index in [0.717, 1.165) is 31.2 Å². The highest BCUT2D eigenvalue weighted by Crippen LogP contribution is 2.34. The van der Waals surface area contributed by atoms with Crippen molar-refractivity contribution in [1.82, 2.24) is 4.98 Å². The summed E-state index contributed by atoms with van der Waals surface area (Å²) in [5.74, 6) is -2.17. The summed E-state index contributed by atoms with van der Waals surface area (Å²) in [5, 5.41) is 33.3. The van der Waals surface area contributed by atoms with E-state index in [2.05, 4.69) is 9.72 Å². The fourth-order valence-electron chi connectivity index (χ4n) is 4.00. The lowest BCUT2D eigenvalue weighted by molar-refractivity contribution is -0.122. The Labute approximate surface area is 218 Å². The predicted molar refractivity (Wildman–Crippen MR) is 136 cm³/mol. The number of carboxylic acid groups (broad SMARTS) is 1. The number of esters is 1. The highest BCUT2D eigenvalue weighted by Gasteiger charge is 2.22. The molecule has 208 valence electrons. The zero-order chi connectivity index (χ0) is 28.1. The fourth-order valence-corrected chi connectivity index (χ4v) is 4.00. The second-order valence-corrected chi connectivity index (χ2v) is 8.58. The Hall–Kier alpha value is -3.38. The van der Waals surface area contributed by atoms with Crippen LogP contribution in [0.25, 0.3) is 22.0 Å². The van der Waals surface area contributed by atoms with Crippen LogP contribution in [0, 0.1) is 11.6 Å². The number of H-pyrrole nitrogens is 1. The van der Waals surface area contributed by atoms with Gasteiger partial charge in [-0.15, -0.1) is 0 Å². The number of ether oxygens (including phenoxy) is 2. The first-order valence-corrected chi connectivity index (χ1v) is 12.1. The molecule has 0 bridgehead atoms. The number of rotatable bonds is 7. The molecule has 2 aromatic carbocycles. The van der Waals surface area contributed by atoms with Crippen LogP contribution in [0.5, 0.6) is 0 Å². The van der Waals surface area contributed by atoms with Crippen LogP contribution >= 0.6 is 0 Å². The third kappa shape index (κ3) is 8.59. The van der Waals surface area contributed by atoms with Gasteiger partial charge in [0.1, 0.15) is 11.6 Å². The molecular weight excluding hydrogens is 504 g/mol. The lowest BCUT2D eigenvalue weighted by Crippen LogP contribution is -2.32. The average molecular weight is 538 g/mol. The number of hydrogen-bond acceptors (Lipinski definition) is 7. The average Bonchev–Trinajstić information content (AvgIpc) is 3.32. The summed E-state index contributed by atoms with van der Waals surface area (Å²) in [6, 6.07) is 8.23. The van der Waals surface area contributed by atoms with Gasteiger partial charge in [-0.25, -0.2) is 13.6 Å². The molecule has 1 saturated heterocycles. The van der Waals surface area contributed by atoms with Crippen LogP contribution < -0.4 is 0 Å². The lowest BCUT2D eigenvalue weighted by atomic mass is 9.98. The Morgan fingerprint density at radius 2 is 1.76 bits per heavy atom. The van der Waals surface area contributed by atoms with Crippen molar-refractivity contribution < 1.29 is 48.3 Å². The number of fused-ring (bicyclic) bond motifs is 1. The number of carbonyl (C=O) groups excluding carboxylic acids is 1. The fraction of sp³-hybridized carbons (Fsp3) is 0.407. The number of aliphatic hydroxyl groups is 3. The molecule has 1 fully saturated rings. The largest absolute Gasteiger partial charge is 0.483 e. The Kier molecular flexibility index (Phi) is 12.8. The number of unbranched alkanes of at least 4 members (excludes halogenated alkanes) is 2. The number of aryl methyl sites for hydroxylation is 1. The van der Waals surface area contributed by atoms with Crippen molar-refractivity contribution in [2.24, 2.45) is 0 Å². The molecule has 9 nitrogen and oxygen atoms in total. The maximum atomic E-state index is 15.1. The molecule has 0 amide bonds. The molecule has 2 unspecified atom stereocenters. The lowest BCUT2D eigenvalue weighted by Gasteiger charge is -2.21. The first-order chi connectivity index (χ1) is 18.3. The molecule has 2 heterocycles. The topological polar surface area (TPSA) is 149 Å². The van der Waals surface area contributed by atoms with Crippen LogP contribution in [0.15, 0.2) is 36.5 Å². The van der Waals surface area contributed by atoms with Crippen molar-refractivity contribution in [3.63, 3.8) is 0 Å². The zero-order valence-corrected chi connectivity index (χ0v) is 21.0. The van der Waals surface area contributed by atoms with E-state index in [0.29, 0.717) is 25.2 Å². The molecule has 1 aliphatic heterocycles. The van der Waals surface area contributed by atoms with Gasteiger partial charge in [0.15, 0.2) is 0 Å². The van der Waals surface area contributed by atoms with Gasteiger partial charge >= 0.3 is 5.97 Å². The summed E-state index contributed by atoms with van der Waals surface area (Å²) in [6.45, 7) is 0.681.